The molecule has 1 aromatic carbocycles. The van der Waals surface area contributed by atoms with E-state index in [1.165, 1.54) is 10.6 Å². The van der Waals surface area contributed by atoms with Crippen LogP contribution in [0.15, 0.2) is 41.8 Å². The molecule has 7 nitrogen and oxygen atoms in total. The van der Waals surface area contributed by atoms with Crippen molar-refractivity contribution in [2.24, 2.45) is 5.92 Å². The summed E-state index contributed by atoms with van der Waals surface area (Å²) in [6.45, 7) is 5.79. The summed E-state index contributed by atoms with van der Waals surface area (Å²) in [6.07, 6.45) is 4.12. The van der Waals surface area contributed by atoms with Gasteiger partial charge >= 0.3 is 0 Å². The van der Waals surface area contributed by atoms with Crippen LogP contribution in [0.3, 0.4) is 0 Å². The minimum absolute atomic E-state index is 0.0104. The molecule has 1 aliphatic rings. The molecule has 0 saturated carbocycles. The van der Waals surface area contributed by atoms with Crippen LogP contribution in [-0.2, 0) is 27.9 Å². The van der Waals surface area contributed by atoms with E-state index in [0.717, 1.165) is 11.1 Å². The fourth-order valence-corrected chi connectivity index (χ4v) is 4.70. The van der Waals surface area contributed by atoms with Crippen LogP contribution in [0.2, 0.25) is 0 Å². The highest BCUT2D eigenvalue weighted by atomic mass is 32.2. The van der Waals surface area contributed by atoms with Crippen molar-refractivity contribution in [1.29, 1.82) is 0 Å². The first-order valence-corrected chi connectivity index (χ1v) is 10.7. The first kappa shape index (κ1) is 19.6. The number of imidazole rings is 1. The van der Waals surface area contributed by atoms with Gasteiger partial charge in [-0.05, 0) is 32.3 Å². The summed E-state index contributed by atoms with van der Waals surface area (Å²) in [5, 5.41) is 3.05. The number of aromatic nitrogens is 2. The van der Waals surface area contributed by atoms with Crippen molar-refractivity contribution in [3.05, 3.63) is 47.9 Å². The van der Waals surface area contributed by atoms with Crippen molar-refractivity contribution in [3.63, 3.8) is 0 Å². The van der Waals surface area contributed by atoms with Gasteiger partial charge in [0.05, 0.1) is 6.33 Å². The Morgan fingerprint density at radius 2 is 2.04 bits per heavy atom. The predicted molar refractivity (Wildman–Crippen MR) is 102 cm³/mol. The molecule has 0 radical (unpaired) electrons. The number of sulfonamides is 1. The number of nitrogens with zero attached hydrogens (tertiary/aromatic N) is 3. The fraction of sp³-hybridized carbons (Fsp3) is 0.474. The molecule has 1 fully saturated rings. The standard InChI is InChI=1S/C19H26N4O3S/c1-3-22-13-18(21-14-22)27(25,26)23-9-7-17(8-10-23)19(24)20-12-16-6-4-5-15(2)11-16/h4-6,11,13-14,17H,3,7-10,12H2,1-2H3,(H,20,24). The molecule has 2 aromatic rings. The van der Waals surface area contributed by atoms with Gasteiger partial charge in [0.25, 0.3) is 10.0 Å². The Balaban J connectivity index is 1.54. The molecule has 0 atom stereocenters. The van der Waals surface area contributed by atoms with Crippen LogP contribution in [0.1, 0.15) is 30.9 Å². The number of carbonyl (C=O) groups excluding carboxylic acids is 1. The lowest BCUT2D eigenvalue weighted by Crippen LogP contribution is -2.42. The number of benzene rings is 1. The average molecular weight is 391 g/mol. The largest absolute Gasteiger partial charge is 0.352 e. The Kier molecular flexibility index (Phi) is 5.96. The van der Waals surface area contributed by atoms with Gasteiger partial charge in [-0.3, -0.25) is 4.79 Å². The summed E-state index contributed by atoms with van der Waals surface area (Å²) in [5.41, 5.74) is 2.22. The van der Waals surface area contributed by atoms with E-state index in [9.17, 15) is 13.2 Å². The van der Waals surface area contributed by atoms with Crippen molar-refractivity contribution >= 4 is 15.9 Å². The zero-order valence-electron chi connectivity index (χ0n) is 15.8. The number of hydrogen-bond donors (Lipinski definition) is 1. The van der Waals surface area contributed by atoms with E-state index in [2.05, 4.69) is 10.3 Å². The smallest absolute Gasteiger partial charge is 0.262 e. The second-order valence-corrected chi connectivity index (χ2v) is 8.81. The third-order valence-corrected chi connectivity index (χ3v) is 6.74. The van der Waals surface area contributed by atoms with Gasteiger partial charge in [0, 0.05) is 38.3 Å². The van der Waals surface area contributed by atoms with Crippen molar-refractivity contribution < 1.29 is 13.2 Å². The van der Waals surface area contributed by atoms with Crippen molar-refractivity contribution in [2.75, 3.05) is 13.1 Å². The highest BCUT2D eigenvalue weighted by Gasteiger charge is 2.33. The lowest BCUT2D eigenvalue weighted by molar-refractivity contribution is -0.126. The summed E-state index contributed by atoms with van der Waals surface area (Å²) in [6, 6.07) is 8.02. The molecule has 27 heavy (non-hydrogen) atoms. The Morgan fingerprint density at radius 3 is 2.67 bits per heavy atom. The summed E-state index contributed by atoms with van der Waals surface area (Å²) < 4.78 is 28.5. The number of aryl methyl sites for hydroxylation is 2. The van der Waals surface area contributed by atoms with Crippen LogP contribution in [0.5, 0.6) is 0 Å². The molecule has 1 N–H and O–H groups in total. The zero-order chi connectivity index (χ0) is 19.4. The minimum atomic E-state index is -3.59. The second kappa shape index (κ2) is 8.22. The van der Waals surface area contributed by atoms with Gasteiger partial charge in [0.2, 0.25) is 5.91 Å². The van der Waals surface area contributed by atoms with Gasteiger partial charge in [0.1, 0.15) is 0 Å². The van der Waals surface area contributed by atoms with Crippen LogP contribution >= 0.6 is 0 Å². The van der Waals surface area contributed by atoms with Gasteiger partial charge in [-0.25, -0.2) is 13.4 Å². The molecule has 1 saturated heterocycles. The van der Waals surface area contributed by atoms with Gasteiger partial charge in [-0.1, -0.05) is 29.8 Å². The number of nitrogens with one attached hydrogen (secondary N) is 1. The maximum absolute atomic E-state index is 12.7. The molecule has 2 heterocycles. The molecule has 1 aromatic heterocycles. The predicted octanol–water partition coefficient (Wildman–Crippen LogP) is 1.93. The highest BCUT2D eigenvalue weighted by molar-refractivity contribution is 7.89. The third-order valence-electron chi connectivity index (χ3n) is 4.95. The molecule has 1 aliphatic heterocycles. The summed E-state index contributed by atoms with van der Waals surface area (Å²) in [7, 11) is -3.59. The number of rotatable bonds is 6. The third kappa shape index (κ3) is 4.56. The van der Waals surface area contributed by atoms with Gasteiger partial charge < -0.3 is 9.88 Å². The molecular weight excluding hydrogens is 364 g/mol. The minimum Gasteiger partial charge on any atom is -0.352 e. The Bertz CT molecular complexity index is 899. The van der Waals surface area contributed by atoms with Gasteiger partial charge in [-0.15, -0.1) is 0 Å². The quantitative estimate of drug-likeness (QED) is 0.817. The van der Waals surface area contributed by atoms with Gasteiger partial charge in [-0.2, -0.15) is 4.31 Å². The zero-order valence-corrected chi connectivity index (χ0v) is 16.6. The molecule has 0 bridgehead atoms. The number of piperidine rings is 1. The van der Waals surface area contributed by atoms with Crippen LogP contribution in [0.25, 0.3) is 0 Å². The first-order valence-electron chi connectivity index (χ1n) is 9.25. The van der Waals surface area contributed by atoms with E-state index in [-0.39, 0.29) is 16.9 Å². The molecule has 3 rings (SSSR count). The lowest BCUT2D eigenvalue weighted by atomic mass is 9.97. The number of hydrogen-bond acceptors (Lipinski definition) is 4. The summed E-state index contributed by atoms with van der Waals surface area (Å²) in [5.74, 6) is -0.168. The molecular formula is C19H26N4O3S. The van der Waals surface area contributed by atoms with E-state index in [1.807, 2.05) is 38.1 Å². The van der Waals surface area contributed by atoms with Crippen LogP contribution < -0.4 is 5.32 Å². The Hall–Kier alpha value is -2.19. The summed E-state index contributed by atoms with van der Waals surface area (Å²) >= 11 is 0. The lowest BCUT2D eigenvalue weighted by Gasteiger charge is -2.29. The van der Waals surface area contributed by atoms with E-state index >= 15 is 0 Å². The molecule has 0 unspecified atom stereocenters. The van der Waals surface area contributed by atoms with Crippen LogP contribution in [0.4, 0.5) is 0 Å². The molecule has 0 aliphatic carbocycles. The Labute approximate surface area is 160 Å². The van der Waals surface area contributed by atoms with Crippen LogP contribution in [0, 0.1) is 12.8 Å². The van der Waals surface area contributed by atoms with Crippen molar-refractivity contribution in [3.8, 4) is 0 Å². The van der Waals surface area contributed by atoms with Crippen LogP contribution in [-0.4, -0.2) is 41.3 Å². The average Bonchev–Trinajstić information content (AvgIpc) is 3.16. The maximum Gasteiger partial charge on any atom is 0.262 e. The molecule has 0 spiro atoms. The fourth-order valence-electron chi connectivity index (χ4n) is 3.29. The van der Waals surface area contributed by atoms with Crippen molar-refractivity contribution in [2.45, 2.75) is 44.8 Å². The van der Waals surface area contributed by atoms with E-state index in [4.69, 9.17) is 0 Å². The second-order valence-electron chi connectivity index (χ2n) is 6.93. The van der Waals surface area contributed by atoms with Gasteiger partial charge in [0.15, 0.2) is 5.03 Å². The topological polar surface area (TPSA) is 84.3 Å². The number of carbonyl (C=O) groups is 1. The normalized spacial score (nSPS) is 16.4. The SMILES string of the molecule is CCn1cnc(S(=O)(=O)N2CCC(C(=O)NCc3cccc(C)c3)CC2)c1. The van der Waals surface area contributed by atoms with E-state index < -0.39 is 10.0 Å². The number of amides is 1. The molecule has 8 heteroatoms. The summed E-state index contributed by atoms with van der Waals surface area (Å²) in [4.78, 5) is 16.4. The monoisotopic (exact) mass is 390 g/mol. The van der Waals surface area contributed by atoms with Crippen molar-refractivity contribution in [1.82, 2.24) is 19.2 Å². The Morgan fingerprint density at radius 1 is 1.30 bits per heavy atom. The molecule has 146 valence electrons. The van der Waals surface area contributed by atoms with E-state index in [0.29, 0.717) is 39.0 Å². The molecule has 1 amide bonds. The van der Waals surface area contributed by atoms with E-state index in [1.54, 1.807) is 10.8 Å². The first-order chi connectivity index (χ1) is 12.9. The maximum atomic E-state index is 12.7. The highest BCUT2D eigenvalue weighted by Crippen LogP contribution is 2.23.